The lowest BCUT2D eigenvalue weighted by molar-refractivity contribution is 0.519. The molecule has 1 aromatic rings. The molecule has 1 fully saturated rings. The lowest BCUT2D eigenvalue weighted by Gasteiger charge is -2.11. The molecule has 0 saturated heterocycles. The summed E-state index contributed by atoms with van der Waals surface area (Å²) in [6.45, 7) is 4.92. The quantitative estimate of drug-likeness (QED) is 0.843. The van der Waals surface area contributed by atoms with Crippen LogP contribution < -0.4 is 10.5 Å². The topological polar surface area (TPSA) is 77.1 Å². The van der Waals surface area contributed by atoms with E-state index in [-0.39, 0.29) is 6.04 Å². The normalized spacial score (nSPS) is 17.2. The summed E-state index contributed by atoms with van der Waals surface area (Å²) in [4.78, 5) is 0.324. The van der Waals surface area contributed by atoms with Gasteiger partial charge in [-0.25, -0.2) is 13.1 Å². The summed E-state index contributed by atoms with van der Waals surface area (Å²) in [5.74, 6) is 0.492. The zero-order valence-electron chi connectivity index (χ0n) is 12.3. The van der Waals surface area contributed by atoms with E-state index in [4.69, 9.17) is 5.73 Å². The molecule has 0 unspecified atom stereocenters. The summed E-state index contributed by atoms with van der Waals surface area (Å²) in [6.07, 6.45) is 6.37. The van der Waals surface area contributed by atoms with Crippen LogP contribution in [0.1, 0.15) is 51.3 Å². The standard InChI is InChI=1S/C14H25N3O2S/c1-11(2)17-10-14(7-13(17)8-15)20(18,19)16-9-12-5-3-4-6-12/h7,10-12,16H,3-6,8-9,15H2,1-2H3. The highest BCUT2D eigenvalue weighted by molar-refractivity contribution is 7.89. The van der Waals surface area contributed by atoms with E-state index in [0.29, 0.717) is 23.9 Å². The van der Waals surface area contributed by atoms with Crippen molar-refractivity contribution in [2.75, 3.05) is 6.54 Å². The molecule has 3 N–H and O–H groups in total. The predicted molar refractivity (Wildman–Crippen MR) is 79.9 cm³/mol. The fourth-order valence-electron chi connectivity index (χ4n) is 2.81. The second kappa shape index (κ2) is 6.28. The van der Waals surface area contributed by atoms with Gasteiger partial charge < -0.3 is 10.3 Å². The third kappa shape index (κ3) is 3.42. The van der Waals surface area contributed by atoms with Crippen LogP contribution in [0.5, 0.6) is 0 Å². The molecule has 1 heterocycles. The van der Waals surface area contributed by atoms with E-state index >= 15 is 0 Å². The number of nitrogens with zero attached hydrogens (tertiary/aromatic N) is 1. The molecule has 20 heavy (non-hydrogen) atoms. The van der Waals surface area contributed by atoms with Gasteiger partial charge in [-0.15, -0.1) is 0 Å². The molecule has 2 rings (SSSR count). The van der Waals surface area contributed by atoms with Crippen LogP contribution in [0.25, 0.3) is 0 Å². The molecule has 1 saturated carbocycles. The van der Waals surface area contributed by atoms with Crippen molar-refractivity contribution in [3.05, 3.63) is 18.0 Å². The predicted octanol–water partition coefficient (Wildman–Crippen LogP) is 2.00. The monoisotopic (exact) mass is 299 g/mol. The molecule has 0 bridgehead atoms. The summed E-state index contributed by atoms with van der Waals surface area (Å²) in [5, 5.41) is 0. The Labute approximate surface area is 121 Å². The van der Waals surface area contributed by atoms with Crippen LogP contribution in [0.4, 0.5) is 0 Å². The van der Waals surface area contributed by atoms with Crippen LogP contribution in [0.2, 0.25) is 0 Å². The van der Waals surface area contributed by atoms with Crippen LogP contribution in [-0.2, 0) is 16.6 Å². The van der Waals surface area contributed by atoms with E-state index in [1.165, 1.54) is 12.8 Å². The van der Waals surface area contributed by atoms with Gasteiger partial charge in [-0.2, -0.15) is 0 Å². The summed E-state index contributed by atoms with van der Waals surface area (Å²) < 4.78 is 29.3. The van der Waals surface area contributed by atoms with Crippen LogP contribution in [0, 0.1) is 5.92 Å². The average molecular weight is 299 g/mol. The Morgan fingerprint density at radius 2 is 2.05 bits per heavy atom. The first kappa shape index (κ1) is 15.5. The van der Waals surface area contributed by atoms with Crippen molar-refractivity contribution in [3.63, 3.8) is 0 Å². The zero-order chi connectivity index (χ0) is 14.8. The maximum Gasteiger partial charge on any atom is 0.242 e. The Kier molecular flexibility index (Phi) is 4.88. The molecule has 0 amide bonds. The fourth-order valence-corrected chi connectivity index (χ4v) is 3.98. The molecule has 1 aromatic heterocycles. The minimum Gasteiger partial charge on any atom is -0.346 e. The van der Waals surface area contributed by atoms with E-state index in [1.54, 1.807) is 12.3 Å². The maximum atomic E-state index is 12.3. The second-order valence-corrected chi connectivity index (χ2v) is 7.64. The molecule has 114 valence electrons. The maximum absolute atomic E-state index is 12.3. The Morgan fingerprint density at radius 3 is 2.55 bits per heavy atom. The molecular formula is C14H25N3O2S. The van der Waals surface area contributed by atoms with Crippen molar-refractivity contribution < 1.29 is 8.42 Å². The van der Waals surface area contributed by atoms with Crippen LogP contribution in [-0.4, -0.2) is 19.5 Å². The van der Waals surface area contributed by atoms with E-state index in [0.717, 1.165) is 18.5 Å². The van der Waals surface area contributed by atoms with Crippen molar-refractivity contribution in [2.24, 2.45) is 11.7 Å². The molecular weight excluding hydrogens is 274 g/mol. The SMILES string of the molecule is CC(C)n1cc(S(=O)(=O)NCC2CCCC2)cc1CN. The van der Waals surface area contributed by atoms with Crippen LogP contribution in [0.15, 0.2) is 17.2 Å². The molecule has 1 aliphatic rings. The van der Waals surface area contributed by atoms with Gasteiger partial charge in [0.1, 0.15) is 0 Å². The van der Waals surface area contributed by atoms with Gasteiger partial charge in [0, 0.05) is 31.0 Å². The third-order valence-corrected chi connectivity index (χ3v) is 5.41. The van der Waals surface area contributed by atoms with E-state index in [1.807, 2.05) is 18.4 Å². The fraction of sp³-hybridized carbons (Fsp3) is 0.714. The van der Waals surface area contributed by atoms with E-state index in [2.05, 4.69) is 4.72 Å². The van der Waals surface area contributed by atoms with Gasteiger partial charge >= 0.3 is 0 Å². The van der Waals surface area contributed by atoms with Crippen molar-refractivity contribution in [2.45, 2.75) is 57.0 Å². The largest absolute Gasteiger partial charge is 0.346 e. The van der Waals surface area contributed by atoms with Gasteiger partial charge in [-0.1, -0.05) is 12.8 Å². The summed E-state index contributed by atoms with van der Waals surface area (Å²) in [5.41, 5.74) is 6.53. The van der Waals surface area contributed by atoms with Crippen molar-refractivity contribution in [1.29, 1.82) is 0 Å². The highest BCUT2D eigenvalue weighted by Gasteiger charge is 2.22. The van der Waals surface area contributed by atoms with Gasteiger partial charge in [0.25, 0.3) is 0 Å². The Hall–Kier alpha value is -0.850. The number of hydrogen-bond acceptors (Lipinski definition) is 3. The van der Waals surface area contributed by atoms with Crippen LogP contribution >= 0.6 is 0 Å². The van der Waals surface area contributed by atoms with E-state index < -0.39 is 10.0 Å². The lowest BCUT2D eigenvalue weighted by atomic mass is 10.1. The Morgan fingerprint density at radius 1 is 1.40 bits per heavy atom. The molecule has 0 atom stereocenters. The second-order valence-electron chi connectivity index (χ2n) is 5.87. The highest BCUT2D eigenvalue weighted by atomic mass is 32.2. The number of rotatable bonds is 6. The minimum absolute atomic E-state index is 0.201. The Bertz CT molecular complexity index is 543. The first-order chi connectivity index (χ1) is 9.44. The molecule has 5 nitrogen and oxygen atoms in total. The average Bonchev–Trinajstić information content (AvgIpc) is 3.05. The minimum atomic E-state index is -3.42. The molecule has 1 aliphatic carbocycles. The number of nitrogens with one attached hydrogen (secondary N) is 1. The number of aromatic nitrogens is 1. The van der Waals surface area contributed by atoms with Crippen LogP contribution in [0.3, 0.4) is 0 Å². The summed E-state index contributed by atoms with van der Waals surface area (Å²) >= 11 is 0. The molecule has 0 radical (unpaired) electrons. The number of hydrogen-bond donors (Lipinski definition) is 2. The van der Waals surface area contributed by atoms with Gasteiger partial charge in [0.15, 0.2) is 0 Å². The molecule has 0 spiro atoms. The van der Waals surface area contributed by atoms with Gasteiger partial charge in [-0.3, -0.25) is 0 Å². The van der Waals surface area contributed by atoms with Crippen molar-refractivity contribution in [1.82, 2.24) is 9.29 Å². The lowest BCUT2D eigenvalue weighted by Crippen LogP contribution is -2.28. The highest BCUT2D eigenvalue weighted by Crippen LogP contribution is 2.25. The first-order valence-corrected chi connectivity index (χ1v) is 8.83. The van der Waals surface area contributed by atoms with Crippen molar-refractivity contribution >= 4 is 10.0 Å². The number of nitrogens with two attached hydrogens (primary N) is 1. The van der Waals surface area contributed by atoms with Gasteiger partial charge in [0.05, 0.1) is 4.90 Å². The number of sulfonamides is 1. The Balaban J connectivity index is 2.12. The van der Waals surface area contributed by atoms with Gasteiger partial charge in [-0.05, 0) is 38.7 Å². The molecule has 6 heteroatoms. The molecule has 0 aliphatic heterocycles. The summed E-state index contributed by atoms with van der Waals surface area (Å²) in [7, 11) is -3.42. The molecule has 0 aromatic carbocycles. The third-order valence-electron chi connectivity index (χ3n) is 4.02. The summed E-state index contributed by atoms with van der Waals surface area (Å²) in [6, 6.07) is 1.88. The van der Waals surface area contributed by atoms with Crippen molar-refractivity contribution in [3.8, 4) is 0 Å². The van der Waals surface area contributed by atoms with Gasteiger partial charge in [0.2, 0.25) is 10.0 Å². The zero-order valence-corrected chi connectivity index (χ0v) is 13.1. The smallest absolute Gasteiger partial charge is 0.242 e. The van der Waals surface area contributed by atoms with E-state index in [9.17, 15) is 8.42 Å². The first-order valence-electron chi connectivity index (χ1n) is 7.34.